The minimum atomic E-state index is -1.85. The van der Waals surface area contributed by atoms with Crippen LogP contribution in [0.3, 0.4) is 0 Å². The predicted octanol–water partition coefficient (Wildman–Crippen LogP) is 8.71. The number of aryl methyl sites for hydroxylation is 1. The summed E-state index contributed by atoms with van der Waals surface area (Å²) in [6.07, 6.45) is 24.6. The van der Waals surface area contributed by atoms with E-state index in [4.69, 9.17) is 26.7 Å². The maximum atomic E-state index is 13.6. The van der Waals surface area contributed by atoms with Crippen molar-refractivity contribution in [3.8, 4) is 17.1 Å². The highest BCUT2D eigenvalue weighted by Gasteiger charge is 2.45. The third-order valence-corrected chi connectivity index (χ3v) is 10.2. The Balaban J connectivity index is 1.10. The van der Waals surface area contributed by atoms with E-state index in [1.807, 2.05) is 18.2 Å². The Kier molecular flexibility index (Phi) is 13.4. The molecule has 0 amide bonds. The molecule has 3 aromatic rings. The molecule has 2 aliphatic rings. The van der Waals surface area contributed by atoms with Gasteiger partial charge in [-0.15, -0.1) is 0 Å². The van der Waals surface area contributed by atoms with Crippen LogP contribution in [0.25, 0.3) is 22.3 Å². The van der Waals surface area contributed by atoms with Crippen LogP contribution in [0.1, 0.15) is 126 Å². The lowest BCUT2D eigenvalue weighted by Crippen LogP contribution is -2.44. The molecule has 0 bridgehead atoms. The highest BCUT2D eigenvalue weighted by molar-refractivity contribution is 7.80. The van der Waals surface area contributed by atoms with E-state index >= 15 is 0 Å². The van der Waals surface area contributed by atoms with Crippen molar-refractivity contribution in [3.05, 3.63) is 81.2 Å². The van der Waals surface area contributed by atoms with Gasteiger partial charge in [-0.25, -0.2) is 9.78 Å². The molecule has 0 spiro atoms. The number of cyclic esters (lactones) is 1. The third-order valence-electron chi connectivity index (χ3n) is 9.99. The summed E-state index contributed by atoms with van der Waals surface area (Å²) < 4.78 is 12.9. The lowest BCUT2D eigenvalue weighted by atomic mass is 9.86. The van der Waals surface area contributed by atoms with Crippen molar-refractivity contribution in [1.29, 1.82) is 0 Å². The molecule has 1 aromatic carbocycles. The van der Waals surface area contributed by atoms with Crippen molar-refractivity contribution in [2.45, 2.75) is 129 Å². The lowest BCUT2D eigenvalue weighted by Gasteiger charge is -2.31. The minimum absolute atomic E-state index is 0.107. The van der Waals surface area contributed by atoms with Crippen LogP contribution in [0.15, 0.2) is 53.4 Å². The number of hydrogen-bond donors (Lipinski definition) is 2. The average Bonchev–Trinajstić information content (AvgIpc) is 3.48. The van der Waals surface area contributed by atoms with E-state index in [-0.39, 0.29) is 18.6 Å². The molecule has 1 atom stereocenters. The van der Waals surface area contributed by atoms with Crippen molar-refractivity contribution in [3.63, 3.8) is 0 Å². The maximum Gasteiger partial charge on any atom is 0.343 e. The van der Waals surface area contributed by atoms with Crippen LogP contribution in [-0.4, -0.2) is 32.3 Å². The Morgan fingerprint density at radius 2 is 1.70 bits per heavy atom. The van der Waals surface area contributed by atoms with E-state index in [1.165, 1.54) is 57.8 Å². The Bertz CT molecular complexity index is 1800. The largest absolute Gasteiger partial charge is 0.458 e. The Morgan fingerprint density at radius 1 is 0.980 bits per heavy atom. The average molecular weight is 700 g/mol. The number of ether oxygens (including phenoxy) is 2. The van der Waals surface area contributed by atoms with Gasteiger partial charge in [0.25, 0.3) is 10.7 Å². The molecule has 8 nitrogen and oxygen atoms in total. The fourth-order valence-electron chi connectivity index (χ4n) is 7.05. The first-order chi connectivity index (χ1) is 24.3. The van der Waals surface area contributed by atoms with Crippen molar-refractivity contribution in [1.82, 2.24) is 14.9 Å². The van der Waals surface area contributed by atoms with Gasteiger partial charge >= 0.3 is 5.97 Å². The summed E-state index contributed by atoms with van der Waals surface area (Å²) >= 11 is 5.51. The molecule has 2 aromatic heterocycles. The zero-order valence-corrected chi connectivity index (χ0v) is 30.8. The third kappa shape index (κ3) is 8.55. The lowest BCUT2D eigenvalue weighted by molar-refractivity contribution is -0.172. The molecule has 268 valence electrons. The maximum absolute atomic E-state index is 13.6. The van der Waals surface area contributed by atoms with E-state index in [0.29, 0.717) is 40.0 Å². The van der Waals surface area contributed by atoms with Crippen molar-refractivity contribution in [2.75, 3.05) is 6.54 Å². The molecule has 0 fully saturated rings. The van der Waals surface area contributed by atoms with Gasteiger partial charge in [0.05, 0.1) is 29.0 Å². The molecule has 50 heavy (non-hydrogen) atoms. The van der Waals surface area contributed by atoms with Gasteiger partial charge in [0.15, 0.2) is 5.60 Å². The molecule has 0 unspecified atom stereocenters. The number of fused-ring (bicyclic) bond motifs is 5. The van der Waals surface area contributed by atoms with Crippen LogP contribution >= 0.6 is 12.2 Å². The number of nitrogens with one attached hydrogen (secondary N) is 1. The van der Waals surface area contributed by atoms with Gasteiger partial charge in [0.2, 0.25) is 0 Å². The fourth-order valence-corrected chi connectivity index (χ4v) is 7.25. The number of carbonyl (C=O) groups is 1. The second-order valence-electron chi connectivity index (χ2n) is 13.5. The molecule has 2 aliphatic heterocycles. The number of thiocarbonyl (C=S) groups is 1. The second-order valence-corrected chi connectivity index (χ2v) is 13.8. The fraction of sp³-hybridized carbons (Fsp3) is 0.512. The summed E-state index contributed by atoms with van der Waals surface area (Å²) in [4.78, 5) is 31.1. The molecule has 2 N–H and O–H groups in total. The summed E-state index contributed by atoms with van der Waals surface area (Å²) in [6.45, 7) is 7.02. The second kappa shape index (κ2) is 17.9. The first-order valence-electron chi connectivity index (χ1n) is 18.7. The van der Waals surface area contributed by atoms with Crippen LogP contribution in [0.5, 0.6) is 5.75 Å². The number of allylic oxidation sites excluding steroid dienone is 4. The monoisotopic (exact) mass is 699 g/mol. The van der Waals surface area contributed by atoms with Crippen molar-refractivity contribution >= 4 is 34.3 Å². The van der Waals surface area contributed by atoms with Crippen LogP contribution in [-0.2, 0) is 34.7 Å². The van der Waals surface area contributed by atoms with Crippen LogP contribution in [0.2, 0.25) is 0 Å². The number of rotatable bonds is 18. The standard InChI is InChI=1S/C41H53N3O5S/c1-4-7-8-9-10-11-12-13-14-15-16-17-18-19-20-21-24-42-40(50)49-29-22-23-35-31(25-29)30(5-2)32-27-44-36(37(32)43-35)26-34-33(38(44)45)28-48-39(46)41(34,47)6-3/h10-11,13-14,22-23,25-26,47H,4-9,12,15-21,24,27-28H2,1-3H3,(H,42,50)/t41-/m0/s1. The molecular formula is C41H53N3O5S. The van der Waals surface area contributed by atoms with Gasteiger partial charge in [-0.3, -0.25) is 4.79 Å². The number of hydrogen-bond acceptors (Lipinski definition) is 7. The van der Waals surface area contributed by atoms with Gasteiger partial charge in [0.1, 0.15) is 12.4 Å². The van der Waals surface area contributed by atoms with E-state index in [2.05, 4.69) is 43.5 Å². The molecule has 4 heterocycles. The van der Waals surface area contributed by atoms with Crippen molar-refractivity contribution in [2.24, 2.45) is 0 Å². The van der Waals surface area contributed by atoms with Crippen molar-refractivity contribution < 1.29 is 19.4 Å². The number of carbonyl (C=O) groups excluding carboxylic acids is 1. The molecule has 0 radical (unpaired) electrons. The van der Waals surface area contributed by atoms with Gasteiger partial charge < -0.3 is 24.5 Å². The quantitative estimate of drug-likeness (QED) is 0.0460. The van der Waals surface area contributed by atoms with Gasteiger partial charge in [-0.05, 0) is 93.4 Å². The first-order valence-corrected chi connectivity index (χ1v) is 19.1. The van der Waals surface area contributed by atoms with Gasteiger partial charge in [0, 0.05) is 23.1 Å². The van der Waals surface area contributed by atoms with Crippen LogP contribution in [0, 0.1) is 0 Å². The SMILES string of the molecule is CCCCCC=CCC=CCCCCCCCCNC(=S)Oc1ccc2nc3c(c(CC)c2c1)Cn1c-3cc2c(c1=O)COC(=O)[C@]2(O)CC. The zero-order chi connectivity index (χ0) is 35.5. The normalized spacial score (nSPS) is 16.5. The van der Waals surface area contributed by atoms with E-state index in [0.717, 1.165) is 54.3 Å². The summed E-state index contributed by atoms with van der Waals surface area (Å²) in [5, 5.41) is 15.7. The van der Waals surface area contributed by atoms with Crippen LogP contribution < -0.4 is 15.6 Å². The molecule has 5 rings (SSSR count). The number of unbranched alkanes of at least 4 members (excludes halogenated alkanes) is 9. The van der Waals surface area contributed by atoms with E-state index in [9.17, 15) is 14.7 Å². The molecular weight excluding hydrogens is 647 g/mol. The minimum Gasteiger partial charge on any atom is -0.458 e. The Hall–Kier alpha value is -3.82. The number of pyridine rings is 2. The number of aromatic nitrogens is 2. The Morgan fingerprint density at radius 3 is 2.42 bits per heavy atom. The summed E-state index contributed by atoms with van der Waals surface area (Å²) in [6, 6.07) is 7.49. The summed E-state index contributed by atoms with van der Waals surface area (Å²) in [5.41, 5.74) is 2.65. The molecule has 0 aliphatic carbocycles. The van der Waals surface area contributed by atoms with Gasteiger partial charge in [-0.2, -0.15) is 0 Å². The van der Waals surface area contributed by atoms with Crippen LogP contribution in [0.4, 0.5) is 0 Å². The highest BCUT2D eigenvalue weighted by Crippen LogP contribution is 2.40. The number of esters is 1. The topological polar surface area (TPSA) is 103 Å². The molecule has 0 saturated heterocycles. The number of nitrogens with zero attached hydrogens (tertiary/aromatic N) is 2. The smallest absolute Gasteiger partial charge is 0.343 e. The Labute approximate surface area is 302 Å². The summed E-state index contributed by atoms with van der Waals surface area (Å²) in [7, 11) is 0. The highest BCUT2D eigenvalue weighted by atomic mass is 32.1. The zero-order valence-electron chi connectivity index (χ0n) is 30.0. The molecule has 9 heteroatoms. The number of benzene rings is 1. The van der Waals surface area contributed by atoms with Gasteiger partial charge in [-0.1, -0.05) is 83.6 Å². The van der Waals surface area contributed by atoms with E-state index in [1.54, 1.807) is 17.6 Å². The first kappa shape index (κ1) is 37.4. The van der Waals surface area contributed by atoms with E-state index < -0.39 is 11.6 Å². The predicted molar refractivity (Wildman–Crippen MR) is 204 cm³/mol. The number of aliphatic hydroxyl groups is 1. The summed E-state index contributed by atoms with van der Waals surface area (Å²) in [5.74, 6) is -0.0902. The molecule has 0 saturated carbocycles.